The van der Waals surface area contributed by atoms with Gasteiger partial charge in [-0.1, -0.05) is 6.07 Å². The van der Waals surface area contributed by atoms with Crippen molar-refractivity contribution < 1.29 is 4.79 Å². The monoisotopic (exact) mass is 178 g/mol. The number of carbonyl (C=O) groups is 1. The summed E-state index contributed by atoms with van der Waals surface area (Å²) >= 11 is 0. The van der Waals surface area contributed by atoms with E-state index in [0.717, 1.165) is 11.3 Å². The fourth-order valence-electron chi connectivity index (χ4n) is 1.22. The fraction of sp³-hybridized carbons (Fsp3) is 0.300. The van der Waals surface area contributed by atoms with Gasteiger partial charge in [0.2, 0.25) is 0 Å². The van der Waals surface area contributed by atoms with Crippen molar-refractivity contribution in [3.8, 4) is 0 Å². The van der Waals surface area contributed by atoms with Crippen molar-refractivity contribution in [3.63, 3.8) is 0 Å². The normalized spacial score (nSPS) is 9.77. The number of urea groups is 1. The number of nitrogens with one attached hydrogen (secondary N) is 1. The maximum atomic E-state index is 10.6. The first-order valence-electron chi connectivity index (χ1n) is 4.15. The Bertz CT molecular complexity index is 345. The Morgan fingerprint density at radius 1 is 1.23 bits per heavy atom. The molecule has 3 heteroatoms. The fourth-order valence-corrected chi connectivity index (χ4v) is 1.22. The maximum absolute atomic E-state index is 10.6. The summed E-state index contributed by atoms with van der Waals surface area (Å²) in [6, 6.07) is 3.31. The standard InChI is InChI=1S/C10H14N2O/c1-6-4-5-9(12-10(11)13)8(3)7(6)2/h4-5H,1-3H3,(H3,11,12,13). The average molecular weight is 178 g/mol. The number of hydrogen-bond donors (Lipinski definition) is 2. The van der Waals surface area contributed by atoms with E-state index in [0.29, 0.717) is 0 Å². The number of hydrogen-bond acceptors (Lipinski definition) is 1. The highest BCUT2D eigenvalue weighted by Gasteiger charge is 2.04. The Hall–Kier alpha value is -1.51. The molecule has 0 aromatic heterocycles. The van der Waals surface area contributed by atoms with Gasteiger partial charge in [-0.2, -0.15) is 0 Å². The van der Waals surface area contributed by atoms with Gasteiger partial charge in [0.25, 0.3) is 0 Å². The van der Waals surface area contributed by atoms with Gasteiger partial charge in [0.1, 0.15) is 0 Å². The van der Waals surface area contributed by atoms with Crippen LogP contribution in [0.3, 0.4) is 0 Å². The van der Waals surface area contributed by atoms with Crippen molar-refractivity contribution in [1.29, 1.82) is 0 Å². The van der Waals surface area contributed by atoms with Crippen LogP contribution in [0, 0.1) is 20.8 Å². The number of rotatable bonds is 1. The molecule has 1 aromatic rings. The molecule has 0 aliphatic rings. The highest BCUT2D eigenvalue weighted by atomic mass is 16.2. The summed E-state index contributed by atoms with van der Waals surface area (Å²) in [4.78, 5) is 10.6. The largest absolute Gasteiger partial charge is 0.351 e. The molecule has 70 valence electrons. The van der Waals surface area contributed by atoms with Gasteiger partial charge in [0, 0.05) is 5.69 Å². The molecular formula is C10H14N2O. The first kappa shape index (κ1) is 9.58. The summed E-state index contributed by atoms with van der Waals surface area (Å²) in [5, 5.41) is 2.58. The first-order chi connectivity index (χ1) is 6.02. The molecule has 0 saturated carbocycles. The van der Waals surface area contributed by atoms with E-state index in [1.807, 2.05) is 32.9 Å². The van der Waals surface area contributed by atoms with Gasteiger partial charge < -0.3 is 11.1 Å². The zero-order chi connectivity index (χ0) is 10.0. The molecule has 1 aromatic carbocycles. The maximum Gasteiger partial charge on any atom is 0.316 e. The second-order valence-corrected chi connectivity index (χ2v) is 3.17. The molecule has 1 rings (SSSR count). The molecule has 0 heterocycles. The predicted molar refractivity (Wildman–Crippen MR) is 53.9 cm³/mol. The summed E-state index contributed by atoms with van der Waals surface area (Å²) in [6.45, 7) is 6.03. The third-order valence-electron chi connectivity index (χ3n) is 2.32. The van der Waals surface area contributed by atoms with Crippen LogP contribution in [0.2, 0.25) is 0 Å². The van der Waals surface area contributed by atoms with Crippen LogP contribution in [-0.2, 0) is 0 Å². The molecule has 0 radical (unpaired) electrons. The Kier molecular flexibility index (Phi) is 2.56. The van der Waals surface area contributed by atoms with Crippen LogP contribution in [-0.4, -0.2) is 6.03 Å². The Morgan fingerprint density at radius 3 is 2.38 bits per heavy atom. The lowest BCUT2D eigenvalue weighted by molar-refractivity contribution is 0.259. The highest BCUT2D eigenvalue weighted by molar-refractivity contribution is 5.88. The lowest BCUT2D eigenvalue weighted by Crippen LogP contribution is -2.20. The minimum atomic E-state index is -0.522. The quantitative estimate of drug-likeness (QED) is 0.679. The molecule has 13 heavy (non-hydrogen) atoms. The van der Waals surface area contributed by atoms with Crippen LogP contribution < -0.4 is 11.1 Å². The van der Waals surface area contributed by atoms with Crippen molar-refractivity contribution >= 4 is 11.7 Å². The SMILES string of the molecule is Cc1ccc(NC(N)=O)c(C)c1C. The number of aryl methyl sites for hydroxylation is 1. The predicted octanol–water partition coefficient (Wildman–Crippen LogP) is 2.10. The second-order valence-electron chi connectivity index (χ2n) is 3.17. The van der Waals surface area contributed by atoms with Crippen molar-refractivity contribution in [1.82, 2.24) is 0 Å². The molecule has 0 unspecified atom stereocenters. The first-order valence-corrected chi connectivity index (χ1v) is 4.15. The molecule has 3 nitrogen and oxygen atoms in total. The molecule has 0 spiro atoms. The molecule has 0 bridgehead atoms. The van der Waals surface area contributed by atoms with Crippen LogP contribution in [0.5, 0.6) is 0 Å². The third kappa shape index (κ3) is 1.99. The lowest BCUT2D eigenvalue weighted by atomic mass is 10.0. The molecule has 3 N–H and O–H groups in total. The smallest absolute Gasteiger partial charge is 0.316 e. The molecule has 2 amide bonds. The van der Waals surface area contributed by atoms with Crippen LogP contribution in [0.4, 0.5) is 10.5 Å². The van der Waals surface area contributed by atoms with Gasteiger partial charge in [0.05, 0.1) is 0 Å². The molecule has 0 aliphatic carbocycles. The average Bonchev–Trinajstić information content (AvgIpc) is 2.06. The summed E-state index contributed by atoms with van der Waals surface area (Å²) in [7, 11) is 0. The summed E-state index contributed by atoms with van der Waals surface area (Å²) in [5.74, 6) is 0. The van der Waals surface area contributed by atoms with Crippen LogP contribution in [0.25, 0.3) is 0 Å². The minimum absolute atomic E-state index is 0.522. The lowest BCUT2D eigenvalue weighted by Gasteiger charge is -2.10. The van der Waals surface area contributed by atoms with Crippen molar-refractivity contribution in [2.45, 2.75) is 20.8 Å². The Labute approximate surface area is 77.9 Å². The summed E-state index contributed by atoms with van der Waals surface area (Å²) in [5.41, 5.74) is 9.29. The van der Waals surface area contributed by atoms with Gasteiger partial charge in [-0.15, -0.1) is 0 Å². The number of primary amides is 1. The van der Waals surface area contributed by atoms with Gasteiger partial charge >= 0.3 is 6.03 Å². The van der Waals surface area contributed by atoms with Gasteiger partial charge in [-0.25, -0.2) is 4.79 Å². The van der Waals surface area contributed by atoms with Crippen molar-refractivity contribution in [2.75, 3.05) is 5.32 Å². The topological polar surface area (TPSA) is 55.1 Å². The Balaban J connectivity index is 3.10. The number of carbonyl (C=O) groups excluding carboxylic acids is 1. The van der Waals surface area contributed by atoms with Crippen LogP contribution >= 0.6 is 0 Å². The summed E-state index contributed by atoms with van der Waals surface area (Å²) in [6.07, 6.45) is 0. The van der Waals surface area contributed by atoms with Gasteiger partial charge in [-0.3, -0.25) is 0 Å². The van der Waals surface area contributed by atoms with E-state index >= 15 is 0 Å². The van der Waals surface area contributed by atoms with Gasteiger partial charge in [0.15, 0.2) is 0 Å². The molecular weight excluding hydrogens is 164 g/mol. The number of nitrogens with two attached hydrogens (primary N) is 1. The van der Waals surface area contributed by atoms with Crippen LogP contribution in [0.1, 0.15) is 16.7 Å². The second kappa shape index (κ2) is 3.47. The van der Waals surface area contributed by atoms with Crippen molar-refractivity contribution in [2.24, 2.45) is 5.73 Å². The van der Waals surface area contributed by atoms with Crippen molar-refractivity contribution in [3.05, 3.63) is 28.8 Å². The van der Waals surface area contributed by atoms with E-state index < -0.39 is 6.03 Å². The molecule has 0 saturated heterocycles. The number of benzene rings is 1. The van der Waals surface area contributed by atoms with E-state index in [-0.39, 0.29) is 0 Å². The number of amides is 2. The van der Waals surface area contributed by atoms with Gasteiger partial charge in [-0.05, 0) is 43.5 Å². The third-order valence-corrected chi connectivity index (χ3v) is 2.32. The molecule has 0 aliphatic heterocycles. The highest BCUT2D eigenvalue weighted by Crippen LogP contribution is 2.20. The van der Waals surface area contributed by atoms with E-state index in [4.69, 9.17) is 5.73 Å². The van der Waals surface area contributed by atoms with E-state index in [1.54, 1.807) is 0 Å². The zero-order valence-electron chi connectivity index (χ0n) is 8.14. The Morgan fingerprint density at radius 2 is 1.85 bits per heavy atom. The minimum Gasteiger partial charge on any atom is -0.351 e. The molecule has 0 fully saturated rings. The molecule has 0 atom stereocenters. The number of anilines is 1. The van der Waals surface area contributed by atoms with Crippen LogP contribution in [0.15, 0.2) is 12.1 Å². The van der Waals surface area contributed by atoms with E-state index in [2.05, 4.69) is 5.32 Å². The zero-order valence-corrected chi connectivity index (χ0v) is 8.14. The van der Waals surface area contributed by atoms with E-state index in [1.165, 1.54) is 11.1 Å². The van der Waals surface area contributed by atoms with E-state index in [9.17, 15) is 4.79 Å². The summed E-state index contributed by atoms with van der Waals surface area (Å²) < 4.78 is 0.